The molecule has 3 fully saturated rings. The van der Waals surface area contributed by atoms with Crippen LogP contribution in [0.4, 0.5) is 0 Å². The van der Waals surface area contributed by atoms with Crippen LogP contribution in [0.25, 0.3) is 4.85 Å². The highest BCUT2D eigenvalue weighted by Crippen LogP contribution is 2.62. The minimum atomic E-state index is -0.414. The first kappa shape index (κ1) is 13.7. The number of rotatable bonds is 3. The van der Waals surface area contributed by atoms with Gasteiger partial charge in [0.2, 0.25) is 6.04 Å². The van der Waals surface area contributed by atoms with Crippen molar-refractivity contribution in [3.8, 4) is 0 Å². The van der Waals surface area contributed by atoms with E-state index in [1.165, 1.54) is 12.5 Å². The van der Waals surface area contributed by atoms with Crippen molar-refractivity contribution in [2.24, 2.45) is 29.6 Å². The highest BCUT2D eigenvalue weighted by Gasteiger charge is 2.60. The van der Waals surface area contributed by atoms with Crippen molar-refractivity contribution in [1.29, 1.82) is 0 Å². The van der Waals surface area contributed by atoms with Gasteiger partial charge < -0.3 is 9.58 Å². The van der Waals surface area contributed by atoms with Gasteiger partial charge in [0, 0.05) is 18.4 Å². The van der Waals surface area contributed by atoms with Crippen LogP contribution in [0.3, 0.4) is 0 Å². The van der Waals surface area contributed by atoms with Crippen LogP contribution in [0, 0.1) is 36.2 Å². The standard InChI is InChI=1S/C17H23NO2/c1-5-16(19)20-17(2,3)11-8-12-10-6-14(13(12)9-11)15(7-10)18-4/h5,10-15H,1,6-9H2,2-3H3. The molecule has 3 aliphatic rings. The van der Waals surface area contributed by atoms with E-state index in [1.54, 1.807) is 0 Å². The lowest BCUT2D eigenvalue weighted by atomic mass is 9.79. The molecule has 0 radical (unpaired) electrons. The van der Waals surface area contributed by atoms with Gasteiger partial charge in [0.25, 0.3) is 0 Å². The third kappa shape index (κ3) is 1.97. The van der Waals surface area contributed by atoms with Crippen LogP contribution >= 0.6 is 0 Å². The molecular weight excluding hydrogens is 250 g/mol. The number of hydrogen-bond donors (Lipinski definition) is 0. The average molecular weight is 273 g/mol. The molecule has 6 unspecified atom stereocenters. The minimum absolute atomic E-state index is 0.263. The van der Waals surface area contributed by atoms with Crippen molar-refractivity contribution in [1.82, 2.24) is 0 Å². The van der Waals surface area contributed by atoms with Crippen LogP contribution in [0.5, 0.6) is 0 Å². The molecule has 0 N–H and O–H groups in total. The SMILES string of the molecule is [C-]#[N+]C1CC2CC1C1CC(C(C)(C)OC(=O)C=C)CC21. The van der Waals surface area contributed by atoms with E-state index in [1.807, 2.05) is 13.8 Å². The Balaban J connectivity index is 1.71. The maximum Gasteiger partial charge on any atom is 0.330 e. The molecule has 0 spiro atoms. The van der Waals surface area contributed by atoms with E-state index < -0.39 is 5.60 Å². The van der Waals surface area contributed by atoms with Gasteiger partial charge in [0.15, 0.2) is 0 Å². The number of hydrogen-bond acceptors (Lipinski definition) is 2. The van der Waals surface area contributed by atoms with Crippen LogP contribution in [0.1, 0.15) is 39.5 Å². The first-order valence-corrected chi connectivity index (χ1v) is 7.68. The van der Waals surface area contributed by atoms with Crippen LogP contribution in [0.2, 0.25) is 0 Å². The van der Waals surface area contributed by atoms with Crippen LogP contribution in [-0.4, -0.2) is 17.6 Å². The van der Waals surface area contributed by atoms with Gasteiger partial charge in [-0.2, -0.15) is 0 Å². The molecule has 20 heavy (non-hydrogen) atoms. The van der Waals surface area contributed by atoms with Gasteiger partial charge in [-0.3, -0.25) is 0 Å². The fourth-order valence-electron chi connectivity index (χ4n) is 5.14. The van der Waals surface area contributed by atoms with E-state index in [0.717, 1.165) is 31.1 Å². The van der Waals surface area contributed by atoms with Crippen LogP contribution in [-0.2, 0) is 9.53 Å². The molecule has 3 aliphatic carbocycles. The Bertz CT molecular complexity index is 476. The Hall–Kier alpha value is -1.30. The summed E-state index contributed by atoms with van der Waals surface area (Å²) in [5, 5.41) is 0. The molecule has 0 aromatic heterocycles. The normalized spacial score (nSPS) is 42.0. The monoisotopic (exact) mass is 273 g/mol. The summed E-state index contributed by atoms with van der Waals surface area (Å²) in [6.07, 6.45) is 5.90. The predicted octanol–water partition coefficient (Wildman–Crippen LogP) is 3.46. The summed E-state index contributed by atoms with van der Waals surface area (Å²) in [6, 6.07) is 0.263. The van der Waals surface area contributed by atoms with Crippen molar-refractivity contribution in [2.45, 2.75) is 51.2 Å². The summed E-state index contributed by atoms with van der Waals surface area (Å²) in [4.78, 5) is 15.3. The lowest BCUT2D eigenvalue weighted by molar-refractivity contribution is -0.155. The lowest BCUT2D eigenvalue weighted by Crippen LogP contribution is -2.35. The van der Waals surface area contributed by atoms with Gasteiger partial charge in [-0.05, 0) is 56.8 Å². The molecule has 2 bridgehead atoms. The molecule has 6 atom stereocenters. The molecule has 3 heteroatoms. The minimum Gasteiger partial charge on any atom is -0.456 e. The number of ether oxygens (including phenoxy) is 1. The van der Waals surface area contributed by atoms with Gasteiger partial charge in [0.05, 0.1) is 0 Å². The molecule has 3 nitrogen and oxygen atoms in total. The zero-order valence-corrected chi connectivity index (χ0v) is 12.3. The average Bonchev–Trinajstić information content (AvgIpc) is 3.07. The third-order valence-electron chi connectivity index (χ3n) is 6.11. The maximum absolute atomic E-state index is 11.5. The second kappa shape index (κ2) is 4.62. The summed E-state index contributed by atoms with van der Waals surface area (Å²) in [7, 11) is 0. The van der Waals surface area contributed by atoms with Gasteiger partial charge in [0.1, 0.15) is 5.60 Å². The van der Waals surface area contributed by atoms with Crippen molar-refractivity contribution < 1.29 is 9.53 Å². The molecule has 0 aromatic carbocycles. The second-order valence-electron chi connectivity index (χ2n) is 7.32. The van der Waals surface area contributed by atoms with E-state index in [0.29, 0.717) is 17.8 Å². The van der Waals surface area contributed by atoms with Gasteiger partial charge in [-0.15, -0.1) is 0 Å². The van der Waals surface area contributed by atoms with E-state index in [-0.39, 0.29) is 12.0 Å². The number of nitrogens with zero attached hydrogens (tertiary/aromatic N) is 1. The Kier molecular flexibility index (Phi) is 3.16. The molecule has 0 amide bonds. The fraction of sp³-hybridized carbons (Fsp3) is 0.765. The van der Waals surface area contributed by atoms with Crippen molar-refractivity contribution >= 4 is 5.97 Å². The number of esters is 1. The summed E-state index contributed by atoms with van der Waals surface area (Å²) in [5.41, 5.74) is -0.414. The molecule has 108 valence electrons. The maximum atomic E-state index is 11.5. The van der Waals surface area contributed by atoms with Gasteiger partial charge in [-0.1, -0.05) is 6.58 Å². The van der Waals surface area contributed by atoms with Gasteiger partial charge >= 0.3 is 5.97 Å². The Morgan fingerprint density at radius 3 is 2.60 bits per heavy atom. The van der Waals surface area contributed by atoms with Crippen molar-refractivity contribution in [3.63, 3.8) is 0 Å². The van der Waals surface area contributed by atoms with E-state index in [9.17, 15) is 4.79 Å². The molecular formula is C17H23NO2. The van der Waals surface area contributed by atoms with Crippen molar-refractivity contribution in [3.05, 3.63) is 24.1 Å². The second-order valence-corrected chi connectivity index (χ2v) is 7.32. The molecule has 0 saturated heterocycles. The topological polar surface area (TPSA) is 30.7 Å². The molecule has 0 aromatic rings. The lowest BCUT2D eigenvalue weighted by Gasteiger charge is -2.31. The van der Waals surface area contributed by atoms with Crippen molar-refractivity contribution in [2.75, 3.05) is 0 Å². The zero-order valence-electron chi connectivity index (χ0n) is 12.3. The number of fused-ring (bicyclic) bond motifs is 5. The summed E-state index contributed by atoms with van der Waals surface area (Å²) < 4.78 is 5.56. The highest BCUT2D eigenvalue weighted by atomic mass is 16.6. The Morgan fingerprint density at radius 2 is 1.95 bits per heavy atom. The fourth-order valence-corrected chi connectivity index (χ4v) is 5.14. The molecule has 3 rings (SSSR count). The zero-order chi connectivity index (χ0) is 14.5. The summed E-state index contributed by atoms with van der Waals surface area (Å²) in [6.45, 7) is 14.9. The number of carbonyl (C=O) groups excluding carboxylic acids is 1. The van der Waals surface area contributed by atoms with E-state index in [4.69, 9.17) is 11.3 Å². The Labute approximate surface area is 121 Å². The van der Waals surface area contributed by atoms with Gasteiger partial charge in [-0.25, -0.2) is 11.4 Å². The highest BCUT2D eigenvalue weighted by molar-refractivity contribution is 5.81. The number of carbonyl (C=O) groups is 1. The smallest absolute Gasteiger partial charge is 0.330 e. The molecule has 0 aliphatic heterocycles. The Morgan fingerprint density at radius 1 is 1.25 bits per heavy atom. The van der Waals surface area contributed by atoms with Crippen LogP contribution < -0.4 is 0 Å². The van der Waals surface area contributed by atoms with E-state index >= 15 is 0 Å². The predicted molar refractivity (Wildman–Crippen MR) is 76.7 cm³/mol. The van der Waals surface area contributed by atoms with Crippen LogP contribution in [0.15, 0.2) is 12.7 Å². The molecule has 0 heterocycles. The molecule has 3 saturated carbocycles. The quantitative estimate of drug-likeness (QED) is 0.448. The first-order valence-electron chi connectivity index (χ1n) is 7.68. The van der Waals surface area contributed by atoms with E-state index in [2.05, 4.69) is 11.4 Å². The summed E-state index contributed by atoms with van der Waals surface area (Å²) >= 11 is 0. The first-order chi connectivity index (χ1) is 9.46. The third-order valence-corrected chi connectivity index (χ3v) is 6.11. The summed E-state index contributed by atoms with van der Waals surface area (Å²) in [5.74, 6) is 2.92. The largest absolute Gasteiger partial charge is 0.456 e.